The lowest BCUT2D eigenvalue weighted by Gasteiger charge is -2.07. The van der Waals surface area contributed by atoms with Gasteiger partial charge < -0.3 is 15.2 Å². The number of hydrogen-bond donors (Lipinski definition) is 2. The van der Waals surface area contributed by atoms with Crippen LogP contribution in [0.2, 0.25) is 0 Å². The van der Waals surface area contributed by atoms with E-state index in [2.05, 4.69) is 5.32 Å². The molecule has 0 bridgehead atoms. The minimum absolute atomic E-state index is 0.0848. The summed E-state index contributed by atoms with van der Waals surface area (Å²) >= 11 is 0. The van der Waals surface area contributed by atoms with E-state index in [1.165, 1.54) is 0 Å². The third-order valence-electron chi connectivity index (χ3n) is 2.90. The maximum absolute atomic E-state index is 11.8. The molecule has 2 rings (SSSR count). The number of amides is 1. The topological polar surface area (TPSA) is 58.6 Å². The molecule has 20 heavy (non-hydrogen) atoms. The van der Waals surface area contributed by atoms with E-state index < -0.39 is 0 Å². The highest BCUT2D eigenvalue weighted by Crippen LogP contribution is 2.13. The Hall–Kier alpha value is -2.49. The normalized spacial score (nSPS) is 10.1. The predicted molar refractivity (Wildman–Crippen MR) is 76.7 cm³/mol. The number of ether oxygens (including phenoxy) is 1. The van der Waals surface area contributed by atoms with Crippen LogP contribution >= 0.6 is 0 Å². The van der Waals surface area contributed by atoms with Crippen molar-refractivity contribution in [1.82, 2.24) is 5.32 Å². The van der Waals surface area contributed by atoms with E-state index in [9.17, 15) is 9.90 Å². The van der Waals surface area contributed by atoms with E-state index in [1.807, 2.05) is 30.3 Å². The Labute approximate surface area is 118 Å². The van der Waals surface area contributed by atoms with Crippen molar-refractivity contribution in [2.45, 2.75) is 13.0 Å². The molecular formula is C16H17NO3. The van der Waals surface area contributed by atoms with Crippen LogP contribution in [0.15, 0.2) is 48.5 Å². The van der Waals surface area contributed by atoms with Gasteiger partial charge in [0.25, 0.3) is 0 Å². The monoisotopic (exact) mass is 271 g/mol. The van der Waals surface area contributed by atoms with Gasteiger partial charge in [-0.25, -0.2) is 0 Å². The third kappa shape index (κ3) is 4.02. The fourth-order valence-electron chi connectivity index (χ4n) is 1.90. The van der Waals surface area contributed by atoms with Gasteiger partial charge in [0.2, 0.25) is 5.91 Å². The maximum atomic E-state index is 11.8. The van der Waals surface area contributed by atoms with Crippen molar-refractivity contribution in [1.29, 1.82) is 0 Å². The molecule has 0 unspecified atom stereocenters. The molecule has 0 aliphatic rings. The van der Waals surface area contributed by atoms with Crippen molar-refractivity contribution >= 4 is 5.91 Å². The quantitative estimate of drug-likeness (QED) is 0.877. The van der Waals surface area contributed by atoms with E-state index in [4.69, 9.17) is 4.74 Å². The van der Waals surface area contributed by atoms with E-state index in [-0.39, 0.29) is 18.1 Å². The zero-order chi connectivity index (χ0) is 14.4. The van der Waals surface area contributed by atoms with Gasteiger partial charge in [-0.05, 0) is 35.4 Å². The Balaban J connectivity index is 1.88. The summed E-state index contributed by atoms with van der Waals surface area (Å²) in [6.45, 7) is 0.453. The average molecular weight is 271 g/mol. The molecule has 0 radical (unpaired) electrons. The number of rotatable bonds is 5. The first-order valence-electron chi connectivity index (χ1n) is 6.35. The number of nitrogens with one attached hydrogen (secondary N) is 1. The van der Waals surface area contributed by atoms with Crippen LogP contribution < -0.4 is 10.1 Å². The van der Waals surface area contributed by atoms with Crippen molar-refractivity contribution in [2.75, 3.05) is 7.11 Å². The zero-order valence-corrected chi connectivity index (χ0v) is 11.3. The predicted octanol–water partition coefficient (Wildman–Crippen LogP) is 2.26. The van der Waals surface area contributed by atoms with Crippen molar-refractivity contribution in [3.63, 3.8) is 0 Å². The van der Waals surface area contributed by atoms with Crippen LogP contribution in [0.25, 0.3) is 0 Å². The largest absolute Gasteiger partial charge is 0.508 e. The molecule has 0 aliphatic heterocycles. The fourth-order valence-corrected chi connectivity index (χ4v) is 1.90. The Morgan fingerprint density at radius 1 is 1.15 bits per heavy atom. The van der Waals surface area contributed by atoms with Gasteiger partial charge in [-0.3, -0.25) is 4.79 Å². The van der Waals surface area contributed by atoms with Crippen molar-refractivity contribution in [3.05, 3.63) is 59.7 Å². The molecule has 1 amide bonds. The molecule has 0 spiro atoms. The SMILES string of the molecule is COc1cccc(CNC(=O)Cc2cccc(O)c2)c1. The summed E-state index contributed by atoms with van der Waals surface area (Å²) in [4.78, 5) is 11.8. The zero-order valence-electron chi connectivity index (χ0n) is 11.3. The number of phenols is 1. The van der Waals surface area contributed by atoms with Gasteiger partial charge in [0.1, 0.15) is 11.5 Å². The number of aromatic hydroxyl groups is 1. The van der Waals surface area contributed by atoms with Crippen molar-refractivity contribution < 1.29 is 14.6 Å². The fraction of sp³-hybridized carbons (Fsp3) is 0.188. The number of carbonyl (C=O) groups excluding carboxylic acids is 1. The first-order valence-corrected chi connectivity index (χ1v) is 6.35. The highest BCUT2D eigenvalue weighted by Gasteiger charge is 2.04. The number of hydrogen-bond acceptors (Lipinski definition) is 3. The van der Waals surface area contributed by atoms with Crippen molar-refractivity contribution in [3.8, 4) is 11.5 Å². The van der Waals surface area contributed by atoms with E-state index in [0.717, 1.165) is 16.9 Å². The molecule has 0 aliphatic carbocycles. The first-order chi connectivity index (χ1) is 9.67. The second-order valence-electron chi connectivity index (χ2n) is 4.47. The van der Waals surface area contributed by atoms with Gasteiger partial charge in [0.05, 0.1) is 13.5 Å². The second kappa shape index (κ2) is 6.61. The smallest absolute Gasteiger partial charge is 0.224 e. The van der Waals surface area contributed by atoms with E-state index >= 15 is 0 Å². The van der Waals surface area contributed by atoms with Gasteiger partial charge in [0, 0.05) is 6.54 Å². The van der Waals surface area contributed by atoms with Crippen LogP contribution in [0.1, 0.15) is 11.1 Å². The Bertz CT molecular complexity index is 596. The summed E-state index contributed by atoms with van der Waals surface area (Å²) in [5, 5.41) is 12.2. The van der Waals surface area contributed by atoms with Crippen LogP contribution in [0.5, 0.6) is 11.5 Å². The minimum Gasteiger partial charge on any atom is -0.508 e. The second-order valence-corrected chi connectivity index (χ2v) is 4.47. The summed E-state index contributed by atoms with van der Waals surface area (Å²) in [5.41, 5.74) is 1.77. The van der Waals surface area contributed by atoms with Gasteiger partial charge in [0.15, 0.2) is 0 Å². The maximum Gasteiger partial charge on any atom is 0.224 e. The number of benzene rings is 2. The van der Waals surface area contributed by atoms with Gasteiger partial charge in [-0.1, -0.05) is 24.3 Å². The van der Waals surface area contributed by atoms with Crippen molar-refractivity contribution in [2.24, 2.45) is 0 Å². The summed E-state index contributed by atoms with van der Waals surface area (Å²) in [7, 11) is 1.61. The standard InChI is InChI=1S/C16H17NO3/c1-20-15-7-3-5-13(9-15)11-17-16(19)10-12-4-2-6-14(18)8-12/h2-9,18H,10-11H2,1H3,(H,17,19). The summed E-state index contributed by atoms with van der Waals surface area (Å²) in [6.07, 6.45) is 0.248. The molecule has 0 saturated heterocycles. The third-order valence-corrected chi connectivity index (χ3v) is 2.90. The minimum atomic E-state index is -0.0848. The highest BCUT2D eigenvalue weighted by molar-refractivity contribution is 5.78. The average Bonchev–Trinajstić information content (AvgIpc) is 2.45. The van der Waals surface area contributed by atoms with E-state index in [1.54, 1.807) is 25.3 Å². The van der Waals surface area contributed by atoms with Crippen LogP contribution in [0.3, 0.4) is 0 Å². The molecule has 0 fully saturated rings. The summed E-state index contributed by atoms with van der Waals surface area (Å²) in [5.74, 6) is 0.853. The number of methoxy groups -OCH3 is 1. The van der Waals surface area contributed by atoms with Crippen LogP contribution in [0.4, 0.5) is 0 Å². The molecule has 0 aromatic heterocycles. The molecule has 2 N–H and O–H groups in total. The Kier molecular flexibility index (Phi) is 4.60. The highest BCUT2D eigenvalue weighted by atomic mass is 16.5. The van der Waals surface area contributed by atoms with Gasteiger partial charge in [-0.2, -0.15) is 0 Å². The molecule has 4 heteroatoms. The molecule has 0 heterocycles. The van der Waals surface area contributed by atoms with E-state index in [0.29, 0.717) is 6.54 Å². The summed E-state index contributed by atoms with van der Waals surface area (Å²) in [6, 6.07) is 14.3. The lowest BCUT2D eigenvalue weighted by molar-refractivity contribution is -0.120. The summed E-state index contributed by atoms with van der Waals surface area (Å²) < 4.78 is 5.13. The molecule has 0 atom stereocenters. The Morgan fingerprint density at radius 2 is 1.90 bits per heavy atom. The molecular weight excluding hydrogens is 254 g/mol. The van der Waals surface area contributed by atoms with Crippen LogP contribution in [0, 0.1) is 0 Å². The van der Waals surface area contributed by atoms with Gasteiger partial charge >= 0.3 is 0 Å². The lowest BCUT2D eigenvalue weighted by Crippen LogP contribution is -2.24. The lowest BCUT2D eigenvalue weighted by atomic mass is 10.1. The van der Waals surface area contributed by atoms with Gasteiger partial charge in [-0.15, -0.1) is 0 Å². The molecule has 104 valence electrons. The number of carbonyl (C=O) groups is 1. The molecule has 0 saturated carbocycles. The Morgan fingerprint density at radius 3 is 2.65 bits per heavy atom. The molecule has 4 nitrogen and oxygen atoms in total. The first kappa shape index (κ1) is 13.9. The van der Waals surface area contributed by atoms with Crippen LogP contribution in [-0.4, -0.2) is 18.1 Å². The number of phenolic OH excluding ortho intramolecular Hbond substituents is 1. The molecule has 2 aromatic rings. The molecule has 2 aromatic carbocycles. The van der Waals surface area contributed by atoms with Crippen LogP contribution in [-0.2, 0) is 17.8 Å².